The van der Waals surface area contributed by atoms with Crippen LogP contribution in [0.15, 0.2) is 48.0 Å². The van der Waals surface area contributed by atoms with Crippen LogP contribution in [0, 0.1) is 0 Å². The van der Waals surface area contributed by atoms with Gasteiger partial charge in [-0.3, -0.25) is 0 Å². The van der Waals surface area contributed by atoms with E-state index in [1.54, 1.807) is 12.1 Å². The molecule has 1 unspecified atom stereocenters. The molecule has 4 heteroatoms. The van der Waals surface area contributed by atoms with E-state index in [1.807, 2.05) is 12.1 Å². The SMILES string of the molecule is CCC1=Cc2c(-c3ccc(C(F)(F)F)cc3)cccc2[CH]1[Zr]([CH3])[CH3]. The van der Waals surface area contributed by atoms with E-state index in [0.717, 1.165) is 17.5 Å². The van der Waals surface area contributed by atoms with E-state index in [9.17, 15) is 13.2 Å². The van der Waals surface area contributed by atoms with Crippen molar-refractivity contribution in [3.63, 3.8) is 0 Å². The second kappa shape index (κ2) is 6.63. The molecule has 2 aromatic rings. The van der Waals surface area contributed by atoms with E-state index in [4.69, 9.17) is 0 Å². The van der Waals surface area contributed by atoms with Gasteiger partial charge in [-0.2, -0.15) is 0 Å². The van der Waals surface area contributed by atoms with Gasteiger partial charge >= 0.3 is 149 Å². The average molecular weight is 409 g/mol. The van der Waals surface area contributed by atoms with Crippen LogP contribution in [0.4, 0.5) is 13.2 Å². The number of fused-ring (bicyclic) bond motifs is 1. The third-order valence-electron chi connectivity index (χ3n) is 4.66. The first-order valence-electron chi connectivity index (χ1n) is 8.14. The summed E-state index contributed by atoms with van der Waals surface area (Å²) >= 11 is -1.48. The van der Waals surface area contributed by atoms with Crippen LogP contribution in [0.25, 0.3) is 17.2 Å². The molecule has 1 atom stereocenters. The van der Waals surface area contributed by atoms with E-state index >= 15 is 0 Å². The number of hydrogen-bond acceptors (Lipinski definition) is 0. The monoisotopic (exact) mass is 407 g/mol. The minimum atomic E-state index is -4.29. The van der Waals surface area contributed by atoms with Gasteiger partial charge in [0.15, 0.2) is 0 Å². The molecule has 1 aliphatic carbocycles. The summed E-state index contributed by atoms with van der Waals surface area (Å²) in [4.78, 5) is 0. The van der Waals surface area contributed by atoms with E-state index in [-0.39, 0.29) is 0 Å². The molecule has 0 bridgehead atoms. The molecule has 125 valence electrons. The van der Waals surface area contributed by atoms with Crippen LogP contribution in [0.5, 0.6) is 0 Å². The third kappa shape index (κ3) is 3.18. The van der Waals surface area contributed by atoms with Gasteiger partial charge in [0.25, 0.3) is 0 Å². The predicted octanol–water partition coefficient (Wildman–Crippen LogP) is 6.93. The Hall–Kier alpha value is -1.15. The number of allylic oxidation sites excluding steroid dienone is 1. The van der Waals surface area contributed by atoms with Crippen LogP contribution in [0.3, 0.4) is 0 Å². The Balaban J connectivity index is 2.08. The zero-order valence-electron chi connectivity index (χ0n) is 14.0. The van der Waals surface area contributed by atoms with Gasteiger partial charge in [0.2, 0.25) is 0 Å². The molecule has 2 aromatic carbocycles. The Morgan fingerprint density at radius 2 is 1.67 bits per heavy atom. The summed E-state index contributed by atoms with van der Waals surface area (Å²) in [6.45, 7) is 2.19. The Morgan fingerprint density at radius 3 is 2.21 bits per heavy atom. The minimum absolute atomic E-state index is 0.598. The number of rotatable bonds is 3. The molecule has 0 aliphatic heterocycles. The molecule has 0 heterocycles. The Bertz CT molecular complexity index is 770. The molecule has 24 heavy (non-hydrogen) atoms. The first-order valence-corrected chi connectivity index (χ1v) is 14.5. The van der Waals surface area contributed by atoms with Crippen LogP contribution in [0.1, 0.15) is 33.7 Å². The summed E-state index contributed by atoms with van der Waals surface area (Å²) in [6.07, 6.45) is -0.971. The van der Waals surface area contributed by atoms with Gasteiger partial charge in [0.1, 0.15) is 0 Å². The van der Waals surface area contributed by atoms with E-state index < -0.39 is 33.5 Å². The standard InChI is InChI=1S/C18H14F3.2CH3.Zr/c1-2-12-10-14-4-3-5-16(17(14)11-12)13-6-8-15(9-7-13)18(19,20)21;;;/h3-11H,2H2,1H3;2*1H3;. The van der Waals surface area contributed by atoms with Crippen molar-refractivity contribution in [2.24, 2.45) is 0 Å². The van der Waals surface area contributed by atoms with Crippen molar-refractivity contribution < 1.29 is 34.9 Å². The van der Waals surface area contributed by atoms with Gasteiger partial charge in [-0.25, -0.2) is 0 Å². The topological polar surface area (TPSA) is 0 Å². The van der Waals surface area contributed by atoms with Gasteiger partial charge < -0.3 is 0 Å². The first kappa shape index (κ1) is 17.7. The van der Waals surface area contributed by atoms with Crippen LogP contribution in [0.2, 0.25) is 9.26 Å². The fourth-order valence-corrected chi connectivity index (χ4v) is 8.22. The van der Waals surface area contributed by atoms with Gasteiger partial charge in [0, 0.05) is 0 Å². The summed E-state index contributed by atoms with van der Waals surface area (Å²) in [7, 11) is 0. The molecular weight excluding hydrogens is 388 g/mol. The molecule has 0 aromatic heterocycles. The second-order valence-electron chi connectivity index (χ2n) is 6.47. The van der Waals surface area contributed by atoms with Crippen LogP contribution in [-0.4, -0.2) is 0 Å². The first-order chi connectivity index (χ1) is 11.3. The normalized spacial score (nSPS) is 16.8. The Morgan fingerprint density at radius 1 is 1.00 bits per heavy atom. The molecule has 0 saturated carbocycles. The van der Waals surface area contributed by atoms with E-state index in [1.165, 1.54) is 28.8 Å². The van der Waals surface area contributed by atoms with Gasteiger partial charge in [0.05, 0.1) is 0 Å². The number of halogens is 3. The van der Waals surface area contributed by atoms with Crippen molar-refractivity contribution in [1.82, 2.24) is 0 Å². The van der Waals surface area contributed by atoms with Crippen molar-refractivity contribution in [3.05, 3.63) is 64.7 Å². The molecule has 0 saturated heterocycles. The van der Waals surface area contributed by atoms with Crippen molar-refractivity contribution in [2.45, 2.75) is 32.4 Å². The molecular formula is C20H20F3Zr. The van der Waals surface area contributed by atoms with Gasteiger partial charge in [-0.15, -0.1) is 0 Å². The zero-order chi connectivity index (χ0) is 17.5. The number of alkyl halides is 3. The van der Waals surface area contributed by atoms with E-state index in [0.29, 0.717) is 3.63 Å². The molecule has 0 spiro atoms. The van der Waals surface area contributed by atoms with Crippen molar-refractivity contribution in [3.8, 4) is 11.1 Å². The molecule has 0 N–H and O–H groups in total. The van der Waals surface area contributed by atoms with Gasteiger partial charge in [-0.05, 0) is 0 Å². The summed E-state index contributed by atoms with van der Waals surface area (Å²) in [5.74, 6) is 0. The average Bonchev–Trinajstić information content (AvgIpc) is 2.92. The molecule has 1 aliphatic rings. The molecule has 0 fully saturated rings. The second-order valence-corrected chi connectivity index (χ2v) is 13.2. The molecule has 3 rings (SSSR count). The zero-order valence-corrected chi connectivity index (χ0v) is 16.5. The molecule has 0 radical (unpaired) electrons. The maximum absolute atomic E-state index is 12.8. The molecule has 0 amide bonds. The summed E-state index contributed by atoms with van der Waals surface area (Å²) < 4.78 is 43.8. The van der Waals surface area contributed by atoms with Crippen LogP contribution in [-0.2, 0) is 27.9 Å². The maximum atomic E-state index is 12.8. The van der Waals surface area contributed by atoms with Gasteiger partial charge in [-0.1, -0.05) is 0 Å². The Labute approximate surface area is 149 Å². The third-order valence-corrected chi connectivity index (χ3v) is 9.17. The van der Waals surface area contributed by atoms with Crippen LogP contribution < -0.4 is 0 Å². The molecule has 0 nitrogen and oxygen atoms in total. The fourth-order valence-electron chi connectivity index (χ4n) is 3.54. The quantitative estimate of drug-likeness (QED) is 0.516. The van der Waals surface area contributed by atoms with Crippen molar-refractivity contribution in [1.29, 1.82) is 0 Å². The summed E-state index contributed by atoms with van der Waals surface area (Å²) in [5.41, 5.74) is 5.37. The number of hydrogen-bond donors (Lipinski definition) is 0. The van der Waals surface area contributed by atoms with E-state index in [2.05, 4.69) is 28.3 Å². The fraction of sp³-hybridized carbons (Fsp3) is 0.300. The number of benzene rings is 2. The summed E-state index contributed by atoms with van der Waals surface area (Å²) in [5, 5.41) is 0. The van der Waals surface area contributed by atoms with Crippen molar-refractivity contribution in [2.75, 3.05) is 0 Å². The predicted molar refractivity (Wildman–Crippen MR) is 89.6 cm³/mol. The summed E-state index contributed by atoms with van der Waals surface area (Å²) in [6, 6.07) is 11.8. The van der Waals surface area contributed by atoms with Crippen molar-refractivity contribution >= 4 is 6.08 Å². The Kier molecular flexibility index (Phi) is 4.88. The van der Waals surface area contributed by atoms with Crippen LogP contribution >= 0.6 is 0 Å².